The van der Waals surface area contributed by atoms with E-state index in [0.717, 1.165) is 17.6 Å². The van der Waals surface area contributed by atoms with Crippen molar-refractivity contribution in [2.45, 2.75) is 39.2 Å². The molecule has 4 heteroatoms. The molecule has 2 heterocycles. The Balaban J connectivity index is 2.28. The molecule has 1 aliphatic rings. The summed E-state index contributed by atoms with van der Waals surface area (Å²) in [4.78, 5) is 14.9. The van der Waals surface area contributed by atoms with Crippen LogP contribution < -0.4 is 0 Å². The summed E-state index contributed by atoms with van der Waals surface area (Å²) in [5.41, 5.74) is 2.05. The molecule has 0 fully saturated rings. The number of carbonyl (C=O) groups is 1. The van der Waals surface area contributed by atoms with Crippen LogP contribution in [0.15, 0.2) is 24.3 Å². The number of fused-ring (bicyclic) bond motifs is 3. The molecule has 0 bridgehead atoms. The summed E-state index contributed by atoms with van der Waals surface area (Å²) in [6.45, 7) is 6.67. The molecule has 0 aliphatic carbocycles. The number of benzene rings is 1. The number of aromatic nitrogens is 1. The summed E-state index contributed by atoms with van der Waals surface area (Å²) in [6, 6.07) is 8.12. The average Bonchev–Trinajstić information content (AvgIpc) is 2.77. The molecule has 2 N–H and O–H groups in total. The van der Waals surface area contributed by atoms with Crippen LogP contribution in [-0.2, 0) is 21.6 Å². The Morgan fingerprint density at radius 1 is 1.38 bits per heavy atom. The molecule has 1 unspecified atom stereocenters. The SMILES string of the molecule is CC(C)(C)C1(CC(=O)O)OCCc2c1[nH]c1ccccc21. The molecule has 0 radical (unpaired) electrons. The summed E-state index contributed by atoms with van der Waals surface area (Å²) in [5.74, 6) is -0.837. The van der Waals surface area contributed by atoms with E-state index in [4.69, 9.17) is 4.74 Å². The van der Waals surface area contributed by atoms with Gasteiger partial charge in [-0.15, -0.1) is 0 Å². The summed E-state index contributed by atoms with van der Waals surface area (Å²) in [5, 5.41) is 10.6. The van der Waals surface area contributed by atoms with Crippen molar-refractivity contribution in [3.8, 4) is 0 Å². The Bertz CT molecular complexity index is 696. The van der Waals surface area contributed by atoms with E-state index in [1.165, 1.54) is 10.9 Å². The van der Waals surface area contributed by atoms with Gasteiger partial charge in [-0.05, 0) is 23.5 Å². The van der Waals surface area contributed by atoms with Gasteiger partial charge in [0.25, 0.3) is 0 Å². The molecule has 1 aromatic carbocycles. The molecule has 1 aromatic heterocycles. The predicted octanol–water partition coefficient (Wildman–Crippen LogP) is 3.46. The van der Waals surface area contributed by atoms with Crippen molar-refractivity contribution in [3.63, 3.8) is 0 Å². The van der Waals surface area contributed by atoms with Crippen molar-refractivity contribution in [2.75, 3.05) is 6.61 Å². The minimum absolute atomic E-state index is 0.0314. The third-order valence-corrected chi connectivity index (χ3v) is 4.53. The smallest absolute Gasteiger partial charge is 0.306 e. The first-order chi connectivity index (χ1) is 9.85. The van der Waals surface area contributed by atoms with Crippen molar-refractivity contribution < 1.29 is 14.6 Å². The highest BCUT2D eigenvalue weighted by molar-refractivity contribution is 5.85. The number of aliphatic carboxylic acids is 1. The molecular weight excluding hydrogens is 266 g/mol. The molecule has 3 rings (SSSR count). The van der Waals surface area contributed by atoms with Gasteiger partial charge in [-0.2, -0.15) is 0 Å². The van der Waals surface area contributed by atoms with Crippen molar-refractivity contribution >= 4 is 16.9 Å². The number of aromatic amines is 1. The monoisotopic (exact) mass is 287 g/mol. The Hall–Kier alpha value is -1.81. The molecule has 0 saturated carbocycles. The number of hydrogen-bond donors (Lipinski definition) is 2. The molecule has 4 nitrogen and oxygen atoms in total. The third-order valence-electron chi connectivity index (χ3n) is 4.53. The van der Waals surface area contributed by atoms with Crippen LogP contribution in [0.2, 0.25) is 0 Å². The van der Waals surface area contributed by atoms with Gasteiger partial charge in [0.2, 0.25) is 0 Å². The fourth-order valence-corrected chi connectivity index (χ4v) is 3.41. The van der Waals surface area contributed by atoms with Gasteiger partial charge < -0.3 is 14.8 Å². The molecule has 2 aromatic rings. The quantitative estimate of drug-likeness (QED) is 0.889. The van der Waals surface area contributed by atoms with E-state index in [2.05, 4.69) is 11.1 Å². The number of rotatable bonds is 2. The largest absolute Gasteiger partial charge is 0.481 e. The Morgan fingerprint density at radius 3 is 2.76 bits per heavy atom. The van der Waals surface area contributed by atoms with Gasteiger partial charge in [-0.1, -0.05) is 39.0 Å². The molecule has 0 spiro atoms. The van der Waals surface area contributed by atoms with Gasteiger partial charge in [0.1, 0.15) is 5.60 Å². The minimum Gasteiger partial charge on any atom is -0.481 e. The van der Waals surface area contributed by atoms with E-state index < -0.39 is 11.6 Å². The Morgan fingerprint density at radius 2 is 2.10 bits per heavy atom. The maximum Gasteiger partial charge on any atom is 0.306 e. The van der Waals surface area contributed by atoms with Gasteiger partial charge in [0.05, 0.1) is 18.7 Å². The fraction of sp³-hybridized carbons (Fsp3) is 0.471. The maximum atomic E-state index is 11.5. The van der Waals surface area contributed by atoms with Gasteiger partial charge in [-0.25, -0.2) is 0 Å². The minimum atomic E-state index is -0.837. The summed E-state index contributed by atoms with van der Waals surface area (Å²) in [7, 11) is 0. The number of carboxylic acid groups (broad SMARTS) is 1. The van der Waals surface area contributed by atoms with Crippen LogP contribution in [0.4, 0.5) is 0 Å². The number of carboxylic acids is 1. The van der Waals surface area contributed by atoms with Crippen LogP contribution in [0.3, 0.4) is 0 Å². The molecule has 0 saturated heterocycles. The average molecular weight is 287 g/mol. The lowest BCUT2D eigenvalue weighted by atomic mass is 9.70. The van der Waals surface area contributed by atoms with E-state index >= 15 is 0 Å². The lowest BCUT2D eigenvalue weighted by molar-refractivity contribution is -0.166. The summed E-state index contributed by atoms with van der Waals surface area (Å²) < 4.78 is 6.08. The van der Waals surface area contributed by atoms with E-state index in [0.29, 0.717) is 6.61 Å². The number of hydrogen-bond acceptors (Lipinski definition) is 2. The number of ether oxygens (including phenoxy) is 1. The molecule has 112 valence electrons. The topological polar surface area (TPSA) is 62.3 Å². The lowest BCUT2D eigenvalue weighted by Gasteiger charge is -2.46. The normalized spacial score (nSPS) is 22.2. The third kappa shape index (κ3) is 2.05. The first kappa shape index (κ1) is 14.1. The highest BCUT2D eigenvalue weighted by Gasteiger charge is 2.50. The van der Waals surface area contributed by atoms with Crippen molar-refractivity contribution in [2.24, 2.45) is 5.41 Å². The summed E-state index contributed by atoms with van der Waals surface area (Å²) >= 11 is 0. The van der Waals surface area contributed by atoms with E-state index in [9.17, 15) is 9.90 Å². The highest BCUT2D eigenvalue weighted by Crippen LogP contribution is 2.49. The van der Waals surface area contributed by atoms with Gasteiger partial charge in [0, 0.05) is 10.9 Å². The van der Waals surface area contributed by atoms with Crippen molar-refractivity contribution in [1.29, 1.82) is 0 Å². The zero-order chi connectivity index (χ0) is 15.3. The van der Waals surface area contributed by atoms with Crippen molar-refractivity contribution in [3.05, 3.63) is 35.5 Å². The molecule has 21 heavy (non-hydrogen) atoms. The second-order valence-corrected chi connectivity index (χ2v) is 6.77. The zero-order valence-electron chi connectivity index (χ0n) is 12.7. The second kappa shape index (κ2) is 4.60. The fourth-order valence-electron chi connectivity index (χ4n) is 3.41. The predicted molar refractivity (Wildman–Crippen MR) is 81.3 cm³/mol. The van der Waals surface area contributed by atoms with Gasteiger partial charge in [-0.3, -0.25) is 4.79 Å². The van der Waals surface area contributed by atoms with E-state index in [1.54, 1.807) is 0 Å². The van der Waals surface area contributed by atoms with Crippen LogP contribution in [0.1, 0.15) is 38.4 Å². The summed E-state index contributed by atoms with van der Waals surface area (Å²) in [6.07, 6.45) is 0.785. The van der Waals surface area contributed by atoms with Crippen LogP contribution in [0.5, 0.6) is 0 Å². The molecular formula is C17H21NO3. The molecule has 0 amide bonds. The lowest BCUT2D eigenvalue weighted by Crippen LogP contribution is -2.47. The van der Waals surface area contributed by atoms with Crippen LogP contribution in [0.25, 0.3) is 10.9 Å². The van der Waals surface area contributed by atoms with Crippen LogP contribution in [0, 0.1) is 5.41 Å². The standard InChI is InChI=1S/C17H21NO3/c1-16(2,3)17(10-14(19)20)15-12(8-9-21-17)11-6-4-5-7-13(11)18-15/h4-7,18H,8-10H2,1-3H3,(H,19,20). The number of nitrogens with one attached hydrogen (secondary N) is 1. The van der Waals surface area contributed by atoms with E-state index in [-0.39, 0.29) is 11.8 Å². The highest BCUT2D eigenvalue weighted by atomic mass is 16.5. The van der Waals surface area contributed by atoms with Crippen LogP contribution >= 0.6 is 0 Å². The van der Waals surface area contributed by atoms with Gasteiger partial charge in [0.15, 0.2) is 0 Å². The maximum absolute atomic E-state index is 11.5. The van der Waals surface area contributed by atoms with Crippen LogP contribution in [-0.4, -0.2) is 22.7 Å². The van der Waals surface area contributed by atoms with Crippen molar-refractivity contribution in [1.82, 2.24) is 4.98 Å². The van der Waals surface area contributed by atoms with E-state index in [1.807, 2.05) is 39.0 Å². The Labute approximate surface area is 124 Å². The first-order valence-corrected chi connectivity index (χ1v) is 7.31. The zero-order valence-corrected chi connectivity index (χ0v) is 12.7. The molecule has 1 atom stereocenters. The first-order valence-electron chi connectivity index (χ1n) is 7.31. The molecule has 1 aliphatic heterocycles. The van der Waals surface area contributed by atoms with Gasteiger partial charge >= 0.3 is 5.97 Å². The number of H-pyrrole nitrogens is 1. The Kier molecular flexibility index (Phi) is 3.10. The number of para-hydroxylation sites is 1. The second-order valence-electron chi connectivity index (χ2n) is 6.77.